The van der Waals surface area contributed by atoms with Gasteiger partial charge >= 0.3 is 0 Å². The molecule has 2 aliphatic heterocycles. The molecule has 9 heteroatoms. The molecule has 0 aliphatic carbocycles. The summed E-state index contributed by atoms with van der Waals surface area (Å²) < 4.78 is 5.74. The summed E-state index contributed by atoms with van der Waals surface area (Å²) >= 11 is 0. The number of aliphatic hydroxyl groups is 1. The van der Waals surface area contributed by atoms with Gasteiger partial charge in [0.05, 0.1) is 16.5 Å². The molecule has 0 saturated carbocycles. The average Bonchev–Trinajstić information content (AvgIpc) is 3.37. The highest BCUT2D eigenvalue weighted by Crippen LogP contribution is 2.41. The highest BCUT2D eigenvalue weighted by molar-refractivity contribution is 6.46. The third-order valence-electron chi connectivity index (χ3n) is 6.90. The lowest BCUT2D eigenvalue weighted by Crippen LogP contribution is -2.33. The maximum Gasteiger partial charge on any atom is 0.295 e. The average molecular weight is 494 g/mol. The van der Waals surface area contributed by atoms with Crippen molar-refractivity contribution in [1.82, 2.24) is 9.80 Å². The Balaban J connectivity index is 1.74. The fourth-order valence-corrected chi connectivity index (χ4v) is 4.96. The van der Waals surface area contributed by atoms with Crippen molar-refractivity contribution in [3.8, 4) is 5.75 Å². The van der Waals surface area contributed by atoms with Gasteiger partial charge in [-0.15, -0.1) is 0 Å². The zero-order chi connectivity index (χ0) is 26.0. The summed E-state index contributed by atoms with van der Waals surface area (Å²) in [5.41, 5.74) is 1.78. The van der Waals surface area contributed by atoms with Crippen LogP contribution in [0.2, 0.25) is 0 Å². The fourth-order valence-electron chi connectivity index (χ4n) is 4.96. The first-order chi connectivity index (χ1) is 17.2. The van der Waals surface area contributed by atoms with E-state index in [-0.39, 0.29) is 23.1 Å². The Bertz CT molecular complexity index is 1200. The number of hydrogen-bond acceptors (Lipinski definition) is 7. The largest absolute Gasteiger partial charge is 0.507 e. The van der Waals surface area contributed by atoms with Gasteiger partial charge in [0.2, 0.25) is 0 Å². The van der Waals surface area contributed by atoms with Crippen LogP contribution in [-0.2, 0) is 16.0 Å². The number of ketones is 1. The van der Waals surface area contributed by atoms with Crippen LogP contribution in [0.3, 0.4) is 0 Å². The van der Waals surface area contributed by atoms with Crippen molar-refractivity contribution in [2.75, 3.05) is 26.2 Å². The van der Waals surface area contributed by atoms with Gasteiger partial charge in [0.1, 0.15) is 17.6 Å². The van der Waals surface area contributed by atoms with Crippen LogP contribution < -0.4 is 4.74 Å². The number of likely N-dealkylation sites (tertiary alicyclic amines) is 1. The molecule has 2 aromatic rings. The van der Waals surface area contributed by atoms with Crippen molar-refractivity contribution in [3.05, 3.63) is 74.8 Å². The summed E-state index contributed by atoms with van der Waals surface area (Å²) in [4.78, 5) is 40.7. The molecule has 1 amide bonds. The molecule has 0 aromatic heterocycles. The van der Waals surface area contributed by atoms with Gasteiger partial charge in [-0.05, 0) is 74.4 Å². The lowest BCUT2D eigenvalue weighted by Gasteiger charge is -2.26. The summed E-state index contributed by atoms with van der Waals surface area (Å²) in [6, 6.07) is 10.1. The maximum absolute atomic E-state index is 13.2. The highest BCUT2D eigenvalue weighted by Gasteiger charge is 2.46. The Labute approximate surface area is 210 Å². The standard InChI is InChI=1S/C27H31N3O6/c1-4-28(5-2)13-6-14-29-24(18-7-10-21(11-8-18)30(34)35)23(26(32)27(29)33)25(31)19-9-12-22-20(16-19)15-17(3)36-22/h7-12,16-17,24,31H,4-6,13-15H2,1-3H3/b25-23+/t17-,24-/m1/s1. The van der Waals surface area contributed by atoms with Gasteiger partial charge in [-0.1, -0.05) is 13.8 Å². The first-order valence-electron chi connectivity index (χ1n) is 12.3. The quantitative estimate of drug-likeness (QED) is 0.184. The minimum atomic E-state index is -0.842. The molecule has 0 unspecified atom stereocenters. The topological polar surface area (TPSA) is 113 Å². The smallest absolute Gasteiger partial charge is 0.295 e. The predicted octanol–water partition coefficient (Wildman–Crippen LogP) is 4.07. The van der Waals surface area contributed by atoms with Gasteiger partial charge in [0, 0.05) is 30.7 Å². The Morgan fingerprint density at radius 2 is 1.86 bits per heavy atom. The number of rotatable bonds is 9. The van der Waals surface area contributed by atoms with Gasteiger partial charge < -0.3 is 19.6 Å². The number of non-ortho nitro benzene ring substituents is 1. The van der Waals surface area contributed by atoms with Gasteiger partial charge in [0.15, 0.2) is 0 Å². The van der Waals surface area contributed by atoms with Crippen LogP contribution in [0.15, 0.2) is 48.0 Å². The van der Waals surface area contributed by atoms with E-state index in [1.54, 1.807) is 18.2 Å². The van der Waals surface area contributed by atoms with Crippen LogP contribution in [0.4, 0.5) is 5.69 Å². The summed E-state index contributed by atoms with van der Waals surface area (Å²) in [7, 11) is 0. The van der Waals surface area contributed by atoms with Crippen molar-refractivity contribution in [1.29, 1.82) is 0 Å². The molecule has 4 rings (SSSR count). The van der Waals surface area contributed by atoms with E-state index in [9.17, 15) is 24.8 Å². The van der Waals surface area contributed by atoms with Crippen molar-refractivity contribution in [2.24, 2.45) is 0 Å². The second-order valence-electron chi connectivity index (χ2n) is 9.18. The van der Waals surface area contributed by atoms with Crippen LogP contribution in [0.5, 0.6) is 5.75 Å². The van der Waals surface area contributed by atoms with Gasteiger partial charge in [-0.3, -0.25) is 19.7 Å². The number of Topliss-reactive ketones (excluding diaryl/α,β-unsaturated/α-hetero) is 1. The number of nitrogens with zero attached hydrogens (tertiary/aromatic N) is 3. The molecule has 2 heterocycles. The molecule has 0 spiro atoms. The first kappa shape index (κ1) is 25.4. The van der Waals surface area contributed by atoms with E-state index in [1.807, 2.05) is 6.92 Å². The van der Waals surface area contributed by atoms with Gasteiger partial charge in [0.25, 0.3) is 17.4 Å². The minimum absolute atomic E-state index is 0.0105. The molecule has 0 bridgehead atoms. The third-order valence-corrected chi connectivity index (χ3v) is 6.90. The number of carbonyl (C=O) groups is 2. The predicted molar refractivity (Wildman–Crippen MR) is 135 cm³/mol. The van der Waals surface area contributed by atoms with Crippen LogP contribution >= 0.6 is 0 Å². The Morgan fingerprint density at radius 3 is 2.50 bits per heavy atom. The van der Waals surface area contributed by atoms with Crippen molar-refractivity contribution in [2.45, 2.75) is 45.8 Å². The second-order valence-corrected chi connectivity index (χ2v) is 9.18. The van der Waals surface area contributed by atoms with Crippen LogP contribution in [0.1, 0.15) is 49.9 Å². The summed E-state index contributed by atoms with van der Waals surface area (Å²) in [6.45, 7) is 8.91. The van der Waals surface area contributed by atoms with Crippen LogP contribution in [-0.4, -0.2) is 63.8 Å². The SMILES string of the molecule is CCN(CC)CCCN1C(=O)C(=O)/C(=C(/O)c2ccc3c(c2)C[C@@H](C)O3)[C@H]1c1ccc([N+](=O)[O-])cc1. The number of carbonyl (C=O) groups excluding carboxylic acids is 2. The minimum Gasteiger partial charge on any atom is -0.507 e. The Morgan fingerprint density at radius 1 is 1.17 bits per heavy atom. The number of nitro benzene ring substituents is 1. The van der Waals surface area contributed by atoms with Crippen molar-refractivity contribution in [3.63, 3.8) is 0 Å². The molecule has 2 aromatic carbocycles. The number of nitro groups is 1. The molecule has 1 N–H and O–H groups in total. The molecule has 1 fully saturated rings. The molecule has 2 aliphatic rings. The third kappa shape index (κ3) is 4.83. The van der Waals surface area contributed by atoms with E-state index >= 15 is 0 Å². The van der Waals surface area contributed by atoms with E-state index in [0.29, 0.717) is 30.5 Å². The maximum atomic E-state index is 13.2. The number of hydrogen-bond donors (Lipinski definition) is 1. The van der Waals surface area contributed by atoms with E-state index < -0.39 is 22.7 Å². The molecule has 9 nitrogen and oxygen atoms in total. The zero-order valence-corrected chi connectivity index (χ0v) is 20.8. The van der Waals surface area contributed by atoms with Gasteiger partial charge in [-0.25, -0.2) is 0 Å². The molecule has 2 atom stereocenters. The first-order valence-corrected chi connectivity index (χ1v) is 12.3. The van der Waals surface area contributed by atoms with E-state index in [0.717, 1.165) is 30.9 Å². The Kier molecular flexibility index (Phi) is 7.40. The van der Waals surface area contributed by atoms with Crippen LogP contribution in [0, 0.1) is 10.1 Å². The van der Waals surface area contributed by atoms with Crippen molar-refractivity contribution >= 4 is 23.1 Å². The molecule has 36 heavy (non-hydrogen) atoms. The molecule has 190 valence electrons. The summed E-state index contributed by atoms with van der Waals surface area (Å²) in [5.74, 6) is -0.963. The molecular formula is C27H31N3O6. The number of aliphatic hydroxyl groups excluding tert-OH is 1. The lowest BCUT2D eigenvalue weighted by molar-refractivity contribution is -0.384. The molecule has 0 radical (unpaired) electrons. The number of fused-ring (bicyclic) bond motifs is 1. The number of benzene rings is 2. The van der Waals surface area contributed by atoms with Crippen molar-refractivity contribution < 1.29 is 24.4 Å². The summed E-state index contributed by atoms with van der Waals surface area (Å²) in [6.07, 6.45) is 1.35. The fraction of sp³-hybridized carbons (Fsp3) is 0.407. The molecular weight excluding hydrogens is 462 g/mol. The Hall–Kier alpha value is -3.72. The van der Waals surface area contributed by atoms with E-state index in [1.165, 1.54) is 29.2 Å². The highest BCUT2D eigenvalue weighted by atomic mass is 16.6. The number of amides is 1. The van der Waals surface area contributed by atoms with E-state index in [4.69, 9.17) is 4.74 Å². The normalized spacial score (nSPS) is 20.6. The monoisotopic (exact) mass is 493 g/mol. The molecule has 1 saturated heterocycles. The number of ether oxygens (including phenoxy) is 1. The second kappa shape index (κ2) is 10.5. The zero-order valence-electron chi connectivity index (χ0n) is 20.8. The summed E-state index contributed by atoms with van der Waals surface area (Å²) in [5, 5.41) is 22.5. The lowest BCUT2D eigenvalue weighted by atomic mass is 9.94. The van der Waals surface area contributed by atoms with Gasteiger partial charge in [-0.2, -0.15) is 0 Å². The van der Waals surface area contributed by atoms with E-state index in [2.05, 4.69) is 18.7 Å². The van der Waals surface area contributed by atoms with Crippen LogP contribution in [0.25, 0.3) is 5.76 Å².